The summed E-state index contributed by atoms with van der Waals surface area (Å²) < 4.78 is 0. The summed E-state index contributed by atoms with van der Waals surface area (Å²) in [6.45, 7) is 0. The second kappa shape index (κ2) is 2.98. The fourth-order valence-electron chi connectivity index (χ4n) is 2.79. The van der Waals surface area contributed by atoms with E-state index in [9.17, 15) is 0 Å². The zero-order chi connectivity index (χ0) is 8.44. The van der Waals surface area contributed by atoms with Crippen LogP contribution in [0.15, 0.2) is 11.6 Å². The molecule has 0 unspecified atom stereocenters. The van der Waals surface area contributed by atoms with Gasteiger partial charge in [-0.2, -0.15) is 0 Å². The molecule has 0 aromatic rings. The standard InChI is InChI=1S/C12H16/c1-2-6-11-9-12(10-11)7-4-3-5-8-12/h1,6H,3-5,7-10H2. The molecule has 1 spiro atoms. The molecule has 2 aliphatic rings. The number of terminal acetylenes is 1. The molecule has 0 aromatic heterocycles. The highest BCUT2D eigenvalue weighted by molar-refractivity contribution is 5.26. The molecule has 0 heteroatoms. The molecular weight excluding hydrogens is 144 g/mol. The third-order valence-corrected chi connectivity index (χ3v) is 3.41. The monoisotopic (exact) mass is 160 g/mol. The summed E-state index contributed by atoms with van der Waals surface area (Å²) in [5.74, 6) is 2.63. The van der Waals surface area contributed by atoms with Crippen molar-refractivity contribution in [1.82, 2.24) is 0 Å². The van der Waals surface area contributed by atoms with Crippen molar-refractivity contribution in [1.29, 1.82) is 0 Å². The topological polar surface area (TPSA) is 0 Å². The highest BCUT2D eigenvalue weighted by Crippen LogP contribution is 2.54. The lowest BCUT2D eigenvalue weighted by Crippen LogP contribution is -2.33. The summed E-state index contributed by atoms with van der Waals surface area (Å²) in [6, 6.07) is 0. The molecule has 12 heavy (non-hydrogen) atoms. The quantitative estimate of drug-likeness (QED) is 0.477. The molecule has 0 nitrogen and oxygen atoms in total. The highest BCUT2D eigenvalue weighted by Gasteiger charge is 2.40. The van der Waals surface area contributed by atoms with Crippen molar-refractivity contribution >= 4 is 0 Å². The van der Waals surface area contributed by atoms with Crippen LogP contribution in [-0.2, 0) is 0 Å². The van der Waals surface area contributed by atoms with Crippen LogP contribution in [-0.4, -0.2) is 0 Å². The predicted octanol–water partition coefficient (Wildman–Crippen LogP) is 3.29. The van der Waals surface area contributed by atoms with Crippen LogP contribution in [0.2, 0.25) is 0 Å². The fourth-order valence-corrected chi connectivity index (χ4v) is 2.79. The average Bonchev–Trinajstić information content (AvgIpc) is 2.04. The molecule has 0 radical (unpaired) electrons. The van der Waals surface area contributed by atoms with Gasteiger partial charge in [0.05, 0.1) is 0 Å². The molecule has 0 heterocycles. The van der Waals surface area contributed by atoms with Crippen molar-refractivity contribution < 1.29 is 0 Å². The van der Waals surface area contributed by atoms with Gasteiger partial charge in [-0.3, -0.25) is 0 Å². The summed E-state index contributed by atoms with van der Waals surface area (Å²) in [7, 11) is 0. The molecule has 2 rings (SSSR count). The first-order valence-electron chi connectivity index (χ1n) is 4.99. The van der Waals surface area contributed by atoms with Crippen LogP contribution in [0.1, 0.15) is 44.9 Å². The first kappa shape index (κ1) is 7.92. The third-order valence-electron chi connectivity index (χ3n) is 3.41. The Morgan fingerprint density at radius 3 is 2.42 bits per heavy atom. The molecule has 0 aromatic carbocycles. The van der Waals surface area contributed by atoms with Gasteiger partial charge in [-0.25, -0.2) is 0 Å². The van der Waals surface area contributed by atoms with Crippen LogP contribution in [0.5, 0.6) is 0 Å². The Morgan fingerprint density at radius 1 is 1.17 bits per heavy atom. The van der Waals surface area contributed by atoms with Gasteiger partial charge in [0.25, 0.3) is 0 Å². The average molecular weight is 160 g/mol. The number of hydrogen-bond donors (Lipinski definition) is 0. The van der Waals surface area contributed by atoms with E-state index in [1.807, 2.05) is 6.08 Å². The lowest BCUT2D eigenvalue weighted by molar-refractivity contribution is 0.131. The maximum atomic E-state index is 5.23. The SMILES string of the molecule is C#CC=C1CC2(CCCCC2)C1. The Labute approximate surface area is 75.1 Å². The van der Waals surface area contributed by atoms with E-state index in [4.69, 9.17) is 6.42 Å². The van der Waals surface area contributed by atoms with Gasteiger partial charge in [0.1, 0.15) is 0 Å². The van der Waals surface area contributed by atoms with Crippen molar-refractivity contribution in [2.24, 2.45) is 5.41 Å². The van der Waals surface area contributed by atoms with E-state index in [0.717, 1.165) is 0 Å². The zero-order valence-electron chi connectivity index (χ0n) is 7.60. The maximum Gasteiger partial charge on any atom is -0.0129 e. The Morgan fingerprint density at radius 2 is 1.83 bits per heavy atom. The second-order valence-electron chi connectivity index (χ2n) is 4.38. The molecule has 2 saturated carbocycles. The normalized spacial score (nSPS) is 26.1. The summed E-state index contributed by atoms with van der Waals surface area (Å²) in [5, 5.41) is 0. The van der Waals surface area contributed by atoms with Gasteiger partial charge in [-0.05, 0) is 37.2 Å². The molecule has 64 valence electrons. The lowest BCUT2D eigenvalue weighted by Gasteiger charge is -2.46. The van der Waals surface area contributed by atoms with Crippen LogP contribution in [0, 0.1) is 17.8 Å². The Balaban J connectivity index is 1.93. The smallest absolute Gasteiger partial charge is 0.0129 e. The van der Waals surface area contributed by atoms with E-state index in [1.54, 1.807) is 0 Å². The number of rotatable bonds is 0. The van der Waals surface area contributed by atoms with Crippen molar-refractivity contribution in [2.75, 3.05) is 0 Å². The summed E-state index contributed by atoms with van der Waals surface area (Å²) in [5.41, 5.74) is 2.22. The first-order chi connectivity index (χ1) is 5.85. The maximum absolute atomic E-state index is 5.23. The minimum atomic E-state index is 0.709. The summed E-state index contributed by atoms with van der Waals surface area (Å²) in [4.78, 5) is 0. The van der Waals surface area contributed by atoms with Crippen molar-refractivity contribution in [3.8, 4) is 12.3 Å². The molecule has 0 bridgehead atoms. The summed E-state index contributed by atoms with van der Waals surface area (Å²) >= 11 is 0. The van der Waals surface area contributed by atoms with E-state index < -0.39 is 0 Å². The zero-order valence-corrected chi connectivity index (χ0v) is 7.60. The molecule has 0 saturated heterocycles. The minimum Gasteiger partial charge on any atom is -0.115 e. The molecule has 0 aliphatic heterocycles. The fraction of sp³-hybridized carbons (Fsp3) is 0.667. The molecule has 0 atom stereocenters. The molecule has 0 amide bonds. The van der Waals surface area contributed by atoms with Crippen LogP contribution < -0.4 is 0 Å². The van der Waals surface area contributed by atoms with Crippen LogP contribution in [0.25, 0.3) is 0 Å². The molecule has 2 aliphatic carbocycles. The van der Waals surface area contributed by atoms with Gasteiger partial charge < -0.3 is 0 Å². The number of allylic oxidation sites excluding steroid dienone is 2. The van der Waals surface area contributed by atoms with Gasteiger partial charge in [0, 0.05) is 0 Å². The largest absolute Gasteiger partial charge is 0.115 e. The Kier molecular flexibility index (Phi) is 1.97. The van der Waals surface area contributed by atoms with E-state index in [0.29, 0.717) is 5.41 Å². The van der Waals surface area contributed by atoms with Gasteiger partial charge in [0.2, 0.25) is 0 Å². The predicted molar refractivity (Wildman–Crippen MR) is 51.7 cm³/mol. The lowest BCUT2D eigenvalue weighted by atomic mass is 9.58. The van der Waals surface area contributed by atoms with E-state index in [2.05, 4.69) is 5.92 Å². The van der Waals surface area contributed by atoms with E-state index >= 15 is 0 Å². The van der Waals surface area contributed by atoms with Gasteiger partial charge in [-0.15, -0.1) is 6.42 Å². The Hall–Kier alpha value is -0.700. The van der Waals surface area contributed by atoms with E-state index in [1.165, 1.54) is 50.5 Å². The van der Waals surface area contributed by atoms with Crippen LogP contribution in [0.3, 0.4) is 0 Å². The molecule has 2 fully saturated rings. The second-order valence-corrected chi connectivity index (χ2v) is 4.38. The van der Waals surface area contributed by atoms with Crippen molar-refractivity contribution in [3.05, 3.63) is 11.6 Å². The van der Waals surface area contributed by atoms with Gasteiger partial charge >= 0.3 is 0 Å². The van der Waals surface area contributed by atoms with Crippen molar-refractivity contribution in [2.45, 2.75) is 44.9 Å². The van der Waals surface area contributed by atoms with Crippen molar-refractivity contribution in [3.63, 3.8) is 0 Å². The number of hydrogen-bond acceptors (Lipinski definition) is 0. The van der Waals surface area contributed by atoms with Gasteiger partial charge in [-0.1, -0.05) is 30.8 Å². The third kappa shape index (κ3) is 1.29. The molecular formula is C12H16. The Bertz CT molecular complexity index is 223. The first-order valence-corrected chi connectivity index (χ1v) is 4.99. The van der Waals surface area contributed by atoms with E-state index in [-0.39, 0.29) is 0 Å². The minimum absolute atomic E-state index is 0.709. The van der Waals surface area contributed by atoms with Crippen LogP contribution in [0.4, 0.5) is 0 Å². The highest BCUT2D eigenvalue weighted by atomic mass is 14.4. The van der Waals surface area contributed by atoms with Crippen LogP contribution >= 0.6 is 0 Å². The summed E-state index contributed by atoms with van der Waals surface area (Å²) in [6.07, 6.45) is 17.1. The van der Waals surface area contributed by atoms with Gasteiger partial charge in [0.15, 0.2) is 0 Å². The molecule has 0 N–H and O–H groups in total.